The molecule has 3 rings (SSSR count). The average Bonchev–Trinajstić information content (AvgIpc) is 3.14. The standard InChI is InChI=1S/C16H26N6O3/c23-10-2-8-22-14-6-9-20(11-13(14)4-5-16(22)25)15(24)3-1-7-21-12-17-18-19-21/h12-14,23H,1-11H2/t13-,14+/m0/s1. The fourth-order valence-corrected chi connectivity index (χ4v) is 3.94. The topological polar surface area (TPSA) is 104 Å². The lowest BCUT2D eigenvalue weighted by Crippen LogP contribution is -2.57. The van der Waals surface area contributed by atoms with Gasteiger partial charge in [0.25, 0.3) is 0 Å². The van der Waals surface area contributed by atoms with Gasteiger partial charge in [-0.2, -0.15) is 0 Å². The Balaban J connectivity index is 1.48. The molecule has 1 aromatic heterocycles. The van der Waals surface area contributed by atoms with E-state index >= 15 is 0 Å². The van der Waals surface area contributed by atoms with E-state index in [1.165, 1.54) is 0 Å². The van der Waals surface area contributed by atoms with Gasteiger partial charge in [0.1, 0.15) is 6.33 Å². The molecule has 1 aromatic rings. The third kappa shape index (κ3) is 4.33. The van der Waals surface area contributed by atoms with Crippen LogP contribution in [0.25, 0.3) is 0 Å². The minimum absolute atomic E-state index is 0.104. The maximum atomic E-state index is 12.5. The van der Waals surface area contributed by atoms with Gasteiger partial charge in [-0.3, -0.25) is 9.59 Å². The number of aliphatic hydroxyl groups excluding tert-OH is 1. The highest BCUT2D eigenvalue weighted by Crippen LogP contribution is 2.31. The molecule has 9 nitrogen and oxygen atoms in total. The Morgan fingerprint density at radius 1 is 1.28 bits per heavy atom. The second-order valence-corrected chi connectivity index (χ2v) is 6.84. The average molecular weight is 350 g/mol. The molecule has 2 saturated heterocycles. The highest BCUT2D eigenvalue weighted by molar-refractivity contribution is 5.78. The highest BCUT2D eigenvalue weighted by Gasteiger charge is 2.39. The molecular weight excluding hydrogens is 324 g/mol. The lowest BCUT2D eigenvalue weighted by atomic mass is 9.83. The molecule has 0 aromatic carbocycles. The van der Waals surface area contributed by atoms with Crippen LogP contribution >= 0.6 is 0 Å². The Morgan fingerprint density at radius 2 is 2.16 bits per heavy atom. The fourth-order valence-electron chi connectivity index (χ4n) is 3.94. The molecule has 0 aliphatic carbocycles. The third-order valence-corrected chi connectivity index (χ3v) is 5.22. The summed E-state index contributed by atoms with van der Waals surface area (Å²) in [7, 11) is 0. The second kappa shape index (κ2) is 8.37. The van der Waals surface area contributed by atoms with Crippen molar-refractivity contribution in [3.8, 4) is 0 Å². The molecule has 3 heterocycles. The number of amides is 2. The van der Waals surface area contributed by atoms with Crippen LogP contribution in [0.4, 0.5) is 0 Å². The van der Waals surface area contributed by atoms with Gasteiger partial charge in [-0.05, 0) is 42.0 Å². The number of aryl methyl sites for hydroxylation is 1. The second-order valence-electron chi connectivity index (χ2n) is 6.84. The van der Waals surface area contributed by atoms with Crippen molar-refractivity contribution in [3.05, 3.63) is 6.33 Å². The highest BCUT2D eigenvalue weighted by atomic mass is 16.3. The molecular formula is C16H26N6O3. The number of tetrazole rings is 1. The SMILES string of the molecule is O=C(CCCn1cnnn1)N1CC[C@@H]2[C@@H](CCC(=O)N2CCCO)C1. The van der Waals surface area contributed by atoms with Crippen molar-refractivity contribution >= 4 is 11.8 Å². The monoisotopic (exact) mass is 350 g/mol. The Bertz CT molecular complexity index is 578. The van der Waals surface area contributed by atoms with Crippen LogP contribution in [0.15, 0.2) is 6.33 Å². The zero-order valence-electron chi connectivity index (χ0n) is 14.5. The van der Waals surface area contributed by atoms with Crippen LogP contribution in [0.1, 0.15) is 38.5 Å². The Kier molecular flexibility index (Phi) is 5.95. The van der Waals surface area contributed by atoms with Crippen molar-refractivity contribution in [2.24, 2.45) is 5.92 Å². The number of aromatic nitrogens is 4. The summed E-state index contributed by atoms with van der Waals surface area (Å²) in [5, 5.41) is 20.0. The Hall–Kier alpha value is -2.03. The number of hydrogen-bond donors (Lipinski definition) is 1. The van der Waals surface area contributed by atoms with Gasteiger partial charge in [-0.25, -0.2) is 4.68 Å². The zero-order chi connectivity index (χ0) is 17.6. The molecule has 0 spiro atoms. The predicted molar refractivity (Wildman–Crippen MR) is 88.2 cm³/mol. The van der Waals surface area contributed by atoms with Gasteiger partial charge in [-0.1, -0.05) is 0 Å². The first-order valence-electron chi connectivity index (χ1n) is 9.08. The van der Waals surface area contributed by atoms with Gasteiger partial charge in [0, 0.05) is 51.7 Å². The number of carbonyl (C=O) groups is 2. The normalized spacial score (nSPS) is 23.6. The van der Waals surface area contributed by atoms with E-state index in [0.717, 1.165) is 25.8 Å². The van der Waals surface area contributed by atoms with Crippen molar-refractivity contribution in [1.29, 1.82) is 0 Å². The molecule has 0 saturated carbocycles. The van der Waals surface area contributed by atoms with E-state index in [2.05, 4.69) is 15.5 Å². The number of nitrogens with zero attached hydrogens (tertiary/aromatic N) is 6. The summed E-state index contributed by atoms with van der Waals surface area (Å²) >= 11 is 0. The van der Waals surface area contributed by atoms with Crippen molar-refractivity contribution in [2.75, 3.05) is 26.2 Å². The molecule has 0 bridgehead atoms. The van der Waals surface area contributed by atoms with Crippen molar-refractivity contribution in [1.82, 2.24) is 30.0 Å². The smallest absolute Gasteiger partial charge is 0.222 e. The van der Waals surface area contributed by atoms with E-state index in [-0.39, 0.29) is 24.5 Å². The van der Waals surface area contributed by atoms with E-state index in [4.69, 9.17) is 5.11 Å². The van der Waals surface area contributed by atoms with Gasteiger partial charge in [-0.15, -0.1) is 5.10 Å². The number of likely N-dealkylation sites (tertiary alicyclic amines) is 2. The molecule has 0 radical (unpaired) electrons. The van der Waals surface area contributed by atoms with Crippen LogP contribution in [-0.4, -0.2) is 79.2 Å². The van der Waals surface area contributed by atoms with Crippen molar-refractivity contribution in [3.63, 3.8) is 0 Å². The predicted octanol–water partition coefficient (Wildman–Crippen LogP) is -0.325. The molecule has 25 heavy (non-hydrogen) atoms. The summed E-state index contributed by atoms with van der Waals surface area (Å²) in [6.07, 6.45) is 5.62. The first kappa shape index (κ1) is 17.8. The number of fused-ring (bicyclic) bond motifs is 1. The van der Waals surface area contributed by atoms with E-state index in [9.17, 15) is 9.59 Å². The fraction of sp³-hybridized carbons (Fsp3) is 0.812. The Labute approximate surface area is 147 Å². The van der Waals surface area contributed by atoms with E-state index < -0.39 is 0 Å². The lowest BCUT2D eigenvalue weighted by Gasteiger charge is -2.47. The number of carbonyl (C=O) groups excluding carboxylic acids is 2. The molecule has 2 aliphatic heterocycles. The van der Waals surface area contributed by atoms with Crippen molar-refractivity contribution < 1.29 is 14.7 Å². The molecule has 0 unspecified atom stereocenters. The number of rotatable bonds is 7. The largest absolute Gasteiger partial charge is 0.396 e. The number of aliphatic hydroxyl groups is 1. The quantitative estimate of drug-likeness (QED) is 0.722. The molecule has 2 fully saturated rings. The van der Waals surface area contributed by atoms with E-state index in [0.29, 0.717) is 44.8 Å². The summed E-state index contributed by atoms with van der Waals surface area (Å²) < 4.78 is 1.63. The van der Waals surface area contributed by atoms with Crippen LogP contribution in [0.5, 0.6) is 0 Å². The molecule has 9 heteroatoms. The van der Waals surface area contributed by atoms with Crippen LogP contribution in [0.3, 0.4) is 0 Å². The molecule has 2 aliphatic rings. The van der Waals surface area contributed by atoms with Gasteiger partial charge in [0.05, 0.1) is 0 Å². The molecule has 2 amide bonds. The number of hydrogen-bond acceptors (Lipinski definition) is 6. The van der Waals surface area contributed by atoms with Crippen LogP contribution in [0, 0.1) is 5.92 Å². The first-order valence-corrected chi connectivity index (χ1v) is 9.08. The summed E-state index contributed by atoms with van der Waals surface area (Å²) in [5.74, 6) is 0.717. The van der Waals surface area contributed by atoms with Crippen LogP contribution in [0.2, 0.25) is 0 Å². The van der Waals surface area contributed by atoms with Crippen molar-refractivity contribution in [2.45, 2.75) is 51.1 Å². The number of piperidine rings is 2. The molecule has 1 N–H and O–H groups in total. The molecule has 2 atom stereocenters. The molecule has 138 valence electrons. The van der Waals surface area contributed by atoms with Gasteiger partial charge >= 0.3 is 0 Å². The summed E-state index contributed by atoms with van der Waals surface area (Å²) in [6, 6.07) is 0.220. The minimum atomic E-state index is 0.104. The maximum absolute atomic E-state index is 12.5. The first-order chi connectivity index (χ1) is 12.2. The summed E-state index contributed by atoms with van der Waals surface area (Å²) in [5.41, 5.74) is 0. The summed E-state index contributed by atoms with van der Waals surface area (Å²) in [4.78, 5) is 28.5. The summed E-state index contributed by atoms with van der Waals surface area (Å²) in [6.45, 7) is 2.80. The zero-order valence-corrected chi connectivity index (χ0v) is 14.5. The van der Waals surface area contributed by atoms with Crippen LogP contribution in [-0.2, 0) is 16.1 Å². The van der Waals surface area contributed by atoms with E-state index in [1.807, 2.05) is 9.80 Å². The van der Waals surface area contributed by atoms with Crippen LogP contribution < -0.4 is 0 Å². The third-order valence-electron chi connectivity index (χ3n) is 5.22. The maximum Gasteiger partial charge on any atom is 0.222 e. The minimum Gasteiger partial charge on any atom is -0.396 e. The van der Waals surface area contributed by atoms with Gasteiger partial charge < -0.3 is 14.9 Å². The van der Waals surface area contributed by atoms with Gasteiger partial charge in [0.15, 0.2) is 0 Å². The lowest BCUT2D eigenvalue weighted by molar-refractivity contribution is -0.144. The van der Waals surface area contributed by atoms with Gasteiger partial charge in [0.2, 0.25) is 11.8 Å². The van der Waals surface area contributed by atoms with E-state index in [1.54, 1.807) is 11.0 Å². The Morgan fingerprint density at radius 3 is 2.92 bits per heavy atom.